The maximum Gasteiger partial charge on any atom is 0.222 e. The van der Waals surface area contributed by atoms with Gasteiger partial charge >= 0.3 is 0 Å². The number of nitrogens with zero attached hydrogens (tertiary/aromatic N) is 7. The van der Waals surface area contributed by atoms with E-state index in [1.54, 1.807) is 11.0 Å². The fraction of sp³-hybridized carbons (Fsp3) is 0.611. The molecule has 1 aliphatic carbocycles. The third kappa shape index (κ3) is 3.84. The van der Waals surface area contributed by atoms with Crippen LogP contribution in [0.2, 0.25) is 0 Å². The fourth-order valence-electron chi connectivity index (χ4n) is 3.89. The van der Waals surface area contributed by atoms with Crippen molar-refractivity contribution in [1.82, 2.24) is 29.9 Å². The van der Waals surface area contributed by atoms with E-state index in [0.29, 0.717) is 17.6 Å². The highest BCUT2D eigenvalue weighted by Gasteiger charge is 2.25. The number of carbonyl (C=O) groups is 1. The van der Waals surface area contributed by atoms with Crippen LogP contribution >= 0.6 is 0 Å². The Morgan fingerprint density at radius 1 is 1.00 bits per heavy atom. The Labute approximate surface area is 153 Å². The van der Waals surface area contributed by atoms with E-state index in [-0.39, 0.29) is 0 Å². The van der Waals surface area contributed by atoms with Crippen molar-refractivity contribution in [1.29, 1.82) is 0 Å². The average molecular weight is 355 g/mol. The number of anilines is 1. The number of carbonyl (C=O) groups excluding carboxylic acids is 1. The number of aromatic nitrogens is 5. The first kappa shape index (κ1) is 16.9. The third-order valence-electron chi connectivity index (χ3n) is 5.43. The third-order valence-corrected chi connectivity index (χ3v) is 5.43. The lowest BCUT2D eigenvalue weighted by molar-refractivity contribution is -0.132. The molecule has 0 N–H and O–H groups in total. The second kappa shape index (κ2) is 7.80. The van der Waals surface area contributed by atoms with Gasteiger partial charge in [0.25, 0.3) is 0 Å². The van der Waals surface area contributed by atoms with E-state index in [1.165, 1.54) is 38.4 Å². The lowest BCUT2D eigenvalue weighted by Gasteiger charge is -2.36. The van der Waals surface area contributed by atoms with Crippen LogP contribution in [-0.4, -0.2) is 61.9 Å². The van der Waals surface area contributed by atoms with Crippen molar-refractivity contribution >= 4 is 11.7 Å². The van der Waals surface area contributed by atoms with Crippen LogP contribution in [0, 0.1) is 5.92 Å². The first-order chi connectivity index (χ1) is 12.8. The Kier molecular flexibility index (Phi) is 5.08. The maximum absolute atomic E-state index is 12.5. The van der Waals surface area contributed by atoms with Crippen LogP contribution < -0.4 is 4.90 Å². The standard InChI is InChI=1S/C18H25N7O/c26-18(12-15-4-2-1-3-5-15)24-10-8-23(9-11-24)16-6-7-17(22-21-16)25-14-19-13-20-25/h6-7,13-15H,1-5,8-12H2. The highest BCUT2D eigenvalue weighted by atomic mass is 16.2. The molecule has 1 saturated carbocycles. The Morgan fingerprint density at radius 2 is 1.73 bits per heavy atom. The van der Waals surface area contributed by atoms with E-state index in [1.807, 2.05) is 17.0 Å². The van der Waals surface area contributed by atoms with Crippen LogP contribution in [0.25, 0.3) is 5.82 Å². The molecular weight excluding hydrogens is 330 g/mol. The quantitative estimate of drug-likeness (QED) is 0.830. The Hall–Kier alpha value is -2.51. The van der Waals surface area contributed by atoms with Crippen molar-refractivity contribution in [3.8, 4) is 5.82 Å². The molecule has 0 unspecified atom stereocenters. The van der Waals surface area contributed by atoms with E-state index >= 15 is 0 Å². The molecule has 138 valence electrons. The van der Waals surface area contributed by atoms with Gasteiger partial charge in [-0.2, -0.15) is 5.10 Å². The molecule has 0 atom stereocenters. The normalized spacial score (nSPS) is 18.9. The molecule has 3 heterocycles. The highest BCUT2D eigenvalue weighted by molar-refractivity contribution is 5.76. The van der Waals surface area contributed by atoms with Crippen LogP contribution in [0.4, 0.5) is 5.82 Å². The van der Waals surface area contributed by atoms with Crippen LogP contribution in [0.15, 0.2) is 24.8 Å². The first-order valence-electron chi connectivity index (χ1n) is 9.51. The molecule has 4 rings (SSSR count). The minimum Gasteiger partial charge on any atom is -0.352 e. The summed E-state index contributed by atoms with van der Waals surface area (Å²) in [5.41, 5.74) is 0. The molecule has 2 aromatic heterocycles. The van der Waals surface area contributed by atoms with Crippen LogP contribution in [-0.2, 0) is 4.79 Å². The first-order valence-corrected chi connectivity index (χ1v) is 9.51. The predicted octanol–water partition coefficient (Wildman–Crippen LogP) is 1.68. The zero-order chi connectivity index (χ0) is 17.8. The summed E-state index contributed by atoms with van der Waals surface area (Å²) < 4.78 is 1.58. The van der Waals surface area contributed by atoms with Gasteiger partial charge in [0, 0.05) is 32.6 Å². The van der Waals surface area contributed by atoms with E-state index in [9.17, 15) is 4.79 Å². The lowest BCUT2D eigenvalue weighted by Crippen LogP contribution is -2.49. The van der Waals surface area contributed by atoms with Gasteiger partial charge in [-0.25, -0.2) is 9.67 Å². The molecule has 8 heteroatoms. The van der Waals surface area contributed by atoms with E-state index in [0.717, 1.165) is 38.4 Å². The molecule has 2 aromatic rings. The second-order valence-electron chi connectivity index (χ2n) is 7.17. The van der Waals surface area contributed by atoms with Gasteiger partial charge in [-0.05, 0) is 30.9 Å². The number of hydrogen-bond acceptors (Lipinski definition) is 6. The highest BCUT2D eigenvalue weighted by Crippen LogP contribution is 2.27. The van der Waals surface area contributed by atoms with Gasteiger partial charge in [0.1, 0.15) is 12.7 Å². The van der Waals surface area contributed by atoms with E-state index in [2.05, 4.69) is 25.2 Å². The molecule has 8 nitrogen and oxygen atoms in total. The van der Waals surface area contributed by atoms with Gasteiger partial charge in [-0.15, -0.1) is 10.2 Å². The smallest absolute Gasteiger partial charge is 0.222 e. The Morgan fingerprint density at radius 3 is 2.38 bits per heavy atom. The Bertz CT molecular complexity index is 702. The van der Waals surface area contributed by atoms with Gasteiger partial charge in [0.2, 0.25) is 5.91 Å². The largest absolute Gasteiger partial charge is 0.352 e. The molecule has 0 radical (unpaired) electrons. The summed E-state index contributed by atoms with van der Waals surface area (Å²) in [6.45, 7) is 3.12. The average Bonchev–Trinajstić information content (AvgIpc) is 3.24. The maximum atomic E-state index is 12.5. The number of rotatable bonds is 4. The van der Waals surface area contributed by atoms with Gasteiger partial charge in [-0.1, -0.05) is 19.3 Å². The summed E-state index contributed by atoms with van der Waals surface area (Å²) >= 11 is 0. The molecule has 1 amide bonds. The lowest BCUT2D eigenvalue weighted by atomic mass is 9.86. The Balaban J connectivity index is 1.29. The predicted molar refractivity (Wildman–Crippen MR) is 96.9 cm³/mol. The summed E-state index contributed by atoms with van der Waals surface area (Å²) in [5, 5.41) is 12.6. The van der Waals surface area contributed by atoms with Crippen LogP contribution in [0.3, 0.4) is 0 Å². The monoisotopic (exact) mass is 355 g/mol. The minimum atomic E-state index is 0.323. The second-order valence-corrected chi connectivity index (χ2v) is 7.17. The molecule has 1 saturated heterocycles. The molecule has 2 fully saturated rings. The summed E-state index contributed by atoms with van der Waals surface area (Å²) in [5.74, 6) is 2.41. The summed E-state index contributed by atoms with van der Waals surface area (Å²) in [4.78, 5) is 20.7. The zero-order valence-corrected chi connectivity index (χ0v) is 15.0. The molecule has 0 aromatic carbocycles. The van der Waals surface area contributed by atoms with Gasteiger partial charge in [0.15, 0.2) is 11.6 Å². The molecule has 0 spiro atoms. The molecule has 1 aliphatic heterocycles. The van der Waals surface area contributed by atoms with Crippen molar-refractivity contribution in [2.24, 2.45) is 5.92 Å². The van der Waals surface area contributed by atoms with Crippen molar-refractivity contribution in [2.75, 3.05) is 31.1 Å². The molecule has 26 heavy (non-hydrogen) atoms. The van der Waals surface area contributed by atoms with E-state index < -0.39 is 0 Å². The van der Waals surface area contributed by atoms with Crippen molar-refractivity contribution < 1.29 is 4.79 Å². The van der Waals surface area contributed by atoms with Crippen molar-refractivity contribution in [3.05, 3.63) is 24.8 Å². The van der Waals surface area contributed by atoms with Crippen molar-refractivity contribution in [3.63, 3.8) is 0 Å². The van der Waals surface area contributed by atoms with Gasteiger partial charge in [-0.3, -0.25) is 4.79 Å². The molecular formula is C18H25N7O. The summed E-state index contributed by atoms with van der Waals surface area (Å²) in [6.07, 6.45) is 10.1. The molecule has 0 bridgehead atoms. The SMILES string of the molecule is O=C(CC1CCCCC1)N1CCN(c2ccc(-n3cncn3)nn2)CC1. The topological polar surface area (TPSA) is 80.0 Å². The number of piperazine rings is 1. The summed E-state index contributed by atoms with van der Waals surface area (Å²) in [7, 11) is 0. The van der Waals surface area contributed by atoms with Crippen LogP contribution in [0.1, 0.15) is 38.5 Å². The number of amides is 1. The molecule has 2 aliphatic rings. The van der Waals surface area contributed by atoms with E-state index in [4.69, 9.17) is 0 Å². The zero-order valence-electron chi connectivity index (χ0n) is 15.0. The minimum absolute atomic E-state index is 0.323. The summed E-state index contributed by atoms with van der Waals surface area (Å²) in [6, 6.07) is 3.83. The van der Waals surface area contributed by atoms with Crippen LogP contribution in [0.5, 0.6) is 0 Å². The number of hydrogen-bond donors (Lipinski definition) is 0. The van der Waals surface area contributed by atoms with Gasteiger partial charge < -0.3 is 9.80 Å². The fourth-order valence-corrected chi connectivity index (χ4v) is 3.89. The van der Waals surface area contributed by atoms with Gasteiger partial charge in [0.05, 0.1) is 0 Å². The van der Waals surface area contributed by atoms with Crippen molar-refractivity contribution in [2.45, 2.75) is 38.5 Å².